The number of piperidine rings is 1. The molecule has 1 saturated heterocycles. The van der Waals surface area contributed by atoms with Crippen LogP contribution in [-0.4, -0.2) is 34.1 Å². The third kappa shape index (κ3) is 4.05. The van der Waals surface area contributed by atoms with Gasteiger partial charge in [-0.25, -0.2) is 4.39 Å². The lowest BCUT2D eigenvalue weighted by molar-refractivity contribution is -0.131. The predicted molar refractivity (Wildman–Crippen MR) is 98.4 cm³/mol. The second-order valence-corrected chi connectivity index (χ2v) is 6.79. The first-order chi connectivity index (χ1) is 13.2. The number of rotatable bonds is 4. The second-order valence-electron chi connectivity index (χ2n) is 6.79. The monoisotopic (exact) mass is 365 g/mol. The highest BCUT2D eigenvalue weighted by Crippen LogP contribution is 2.28. The standard InChI is InChI=1S/C21H20FN3O2/c22-18-10-8-16(9-11-18)20-23-24-21(27-20)17-7-4-12-25(14-17)19(26)13-15-5-2-1-3-6-15/h1-3,5-6,8-11,17H,4,7,12-14H2/t17-/m1/s1. The topological polar surface area (TPSA) is 59.2 Å². The van der Waals surface area contributed by atoms with Crippen molar-refractivity contribution in [2.24, 2.45) is 0 Å². The fourth-order valence-electron chi connectivity index (χ4n) is 3.40. The predicted octanol–water partition coefficient (Wildman–Crippen LogP) is 3.82. The van der Waals surface area contributed by atoms with Gasteiger partial charge in [0.1, 0.15) is 5.82 Å². The number of aromatic nitrogens is 2. The smallest absolute Gasteiger partial charge is 0.247 e. The largest absolute Gasteiger partial charge is 0.420 e. The van der Waals surface area contributed by atoms with Crippen LogP contribution in [0.2, 0.25) is 0 Å². The van der Waals surface area contributed by atoms with E-state index in [1.807, 2.05) is 35.2 Å². The van der Waals surface area contributed by atoms with Crippen molar-refractivity contribution in [1.82, 2.24) is 15.1 Å². The summed E-state index contributed by atoms with van der Waals surface area (Å²) in [5.74, 6) is 0.743. The van der Waals surface area contributed by atoms with Gasteiger partial charge in [0.05, 0.1) is 12.3 Å². The maximum Gasteiger partial charge on any atom is 0.247 e. The first-order valence-corrected chi connectivity index (χ1v) is 9.10. The van der Waals surface area contributed by atoms with Crippen LogP contribution in [0.25, 0.3) is 11.5 Å². The van der Waals surface area contributed by atoms with E-state index in [0.29, 0.717) is 30.3 Å². The summed E-state index contributed by atoms with van der Waals surface area (Å²) in [4.78, 5) is 14.5. The van der Waals surface area contributed by atoms with Gasteiger partial charge in [-0.3, -0.25) is 4.79 Å². The maximum atomic E-state index is 13.1. The van der Waals surface area contributed by atoms with E-state index >= 15 is 0 Å². The van der Waals surface area contributed by atoms with E-state index in [9.17, 15) is 9.18 Å². The first kappa shape index (κ1) is 17.4. The number of hydrogen-bond acceptors (Lipinski definition) is 4. The van der Waals surface area contributed by atoms with E-state index in [2.05, 4.69) is 10.2 Å². The van der Waals surface area contributed by atoms with Gasteiger partial charge in [-0.05, 0) is 42.7 Å². The van der Waals surface area contributed by atoms with Crippen molar-refractivity contribution in [3.63, 3.8) is 0 Å². The SMILES string of the molecule is O=C(Cc1ccccc1)N1CCC[C@@H](c2nnc(-c3ccc(F)cc3)o2)C1. The molecule has 0 spiro atoms. The van der Waals surface area contributed by atoms with Crippen molar-refractivity contribution < 1.29 is 13.6 Å². The molecule has 2 heterocycles. The fourth-order valence-corrected chi connectivity index (χ4v) is 3.40. The Bertz CT molecular complexity index is 909. The summed E-state index contributed by atoms with van der Waals surface area (Å²) in [6.07, 6.45) is 2.21. The molecule has 6 heteroatoms. The Morgan fingerprint density at radius 2 is 1.89 bits per heavy atom. The summed E-state index contributed by atoms with van der Waals surface area (Å²) < 4.78 is 18.9. The highest BCUT2D eigenvalue weighted by molar-refractivity contribution is 5.79. The Balaban J connectivity index is 1.44. The molecule has 0 N–H and O–H groups in total. The van der Waals surface area contributed by atoms with Crippen LogP contribution in [0.1, 0.15) is 30.2 Å². The van der Waals surface area contributed by atoms with Gasteiger partial charge in [0.2, 0.25) is 17.7 Å². The molecule has 0 saturated carbocycles. The zero-order valence-corrected chi connectivity index (χ0v) is 14.8. The Hall–Kier alpha value is -3.02. The molecule has 4 rings (SSSR count). The van der Waals surface area contributed by atoms with Crippen molar-refractivity contribution in [1.29, 1.82) is 0 Å². The van der Waals surface area contributed by atoms with Gasteiger partial charge in [-0.15, -0.1) is 10.2 Å². The Kier molecular flexibility index (Phi) is 4.96. The molecule has 2 aromatic carbocycles. The molecular formula is C21H20FN3O2. The molecule has 1 amide bonds. The van der Waals surface area contributed by atoms with E-state index in [1.165, 1.54) is 12.1 Å². The highest BCUT2D eigenvalue weighted by atomic mass is 19.1. The number of halogens is 1. The lowest BCUT2D eigenvalue weighted by atomic mass is 9.97. The number of likely N-dealkylation sites (tertiary alicyclic amines) is 1. The number of carbonyl (C=O) groups excluding carboxylic acids is 1. The van der Waals surface area contributed by atoms with Gasteiger partial charge in [0.25, 0.3) is 0 Å². The molecule has 0 bridgehead atoms. The van der Waals surface area contributed by atoms with E-state index in [4.69, 9.17) is 4.42 Å². The second kappa shape index (κ2) is 7.70. The molecule has 138 valence electrons. The van der Waals surface area contributed by atoms with E-state index < -0.39 is 0 Å². The quantitative estimate of drug-likeness (QED) is 0.705. The van der Waals surface area contributed by atoms with Crippen LogP contribution in [-0.2, 0) is 11.2 Å². The minimum absolute atomic E-state index is 0.0279. The molecule has 0 aliphatic carbocycles. The van der Waals surface area contributed by atoms with Crippen LogP contribution in [0, 0.1) is 5.82 Å². The van der Waals surface area contributed by atoms with Crippen molar-refractivity contribution in [3.05, 3.63) is 71.9 Å². The maximum absolute atomic E-state index is 13.1. The van der Waals surface area contributed by atoms with Gasteiger partial charge in [-0.1, -0.05) is 30.3 Å². The van der Waals surface area contributed by atoms with Gasteiger partial charge in [0.15, 0.2) is 0 Å². The zero-order chi connectivity index (χ0) is 18.6. The van der Waals surface area contributed by atoms with Crippen molar-refractivity contribution >= 4 is 5.91 Å². The van der Waals surface area contributed by atoms with E-state index in [1.54, 1.807) is 12.1 Å². The average molecular weight is 365 g/mol. The molecule has 3 aromatic rings. The molecule has 27 heavy (non-hydrogen) atoms. The third-order valence-electron chi connectivity index (χ3n) is 4.85. The molecular weight excluding hydrogens is 345 g/mol. The number of carbonyl (C=O) groups is 1. The number of amides is 1. The van der Waals surface area contributed by atoms with Crippen LogP contribution in [0.15, 0.2) is 59.0 Å². The molecule has 1 aliphatic heterocycles. The summed E-state index contributed by atoms with van der Waals surface area (Å²) in [5, 5.41) is 8.25. The Labute approximate surface area is 156 Å². The summed E-state index contributed by atoms with van der Waals surface area (Å²) in [6, 6.07) is 15.7. The minimum Gasteiger partial charge on any atom is -0.420 e. The number of nitrogens with zero attached hydrogens (tertiary/aromatic N) is 3. The van der Waals surface area contributed by atoms with Crippen molar-refractivity contribution in [2.75, 3.05) is 13.1 Å². The molecule has 1 aromatic heterocycles. The summed E-state index contributed by atoms with van der Waals surface area (Å²) in [7, 11) is 0. The van der Waals surface area contributed by atoms with Crippen molar-refractivity contribution in [2.45, 2.75) is 25.2 Å². The molecule has 1 aliphatic rings. The average Bonchev–Trinajstić information content (AvgIpc) is 3.20. The molecule has 1 atom stereocenters. The van der Waals surface area contributed by atoms with Gasteiger partial charge < -0.3 is 9.32 Å². The lowest BCUT2D eigenvalue weighted by Crippen LogP contribution is -2.40. The van der Waals surface area contributed by atoms with Gasteiger partial charge in [0, 0.05) is 18.7 Å². The molecule has 0 radical (unpaired) electrons. The van der Waals surface area contributed by atoms with Crippen LogP contribution >= 0.6 is 0 Å². The number of hydrogen-bond donors (Lipinski definition) is 0. The van der Waals surface area contributed by atoms with Crippen LogP contribution < -0.4 is 0 Å². The van der Waals surface area contributed by atoms with Crippen LogP contribution in [0.4, 0.5) is 4.39 Å². The van der Waals surface area contributed by atoms with Crippen LogP contribution in [0.5, 0.6) is 0 Å². The van der Waals surface area contributed by atoms with Crippen LogP contribution in [0.3, 0.4) is 0 Å². The minimum atomic E-state index is -0.307. The summed E-state index contributed by atoms with van der Waals surface area (Å²) in [6.45, 7) is 1.33. The van der Waals surface area contributed by atoms with E-state index in [0.717, 1.165) is 24.9 Å². The van der Waals surface area contributed by atoms with Gasteiger partial charge >= 0.3 is 0 Å². The van der Waals surface area contributed by atoms with Gasteiger partial charge in [-0.2, -0.15) is 0 Å². The van der Waals surface area contributed by atoms with Crippen molar-refractivity contribution in [3.8, 4) is 11.5 Å². The first-order valence-electron chi connectivity index (χ1n) is 9.10. The normalized spacial score (nSPS) is 17.1. The zero-order valence-electron chi connectivity index (χ0n) is 14.8. The Morgan fingerprint density at radius 1 is 1.11 bits per heavy atom. The number of benzene rings is 2. The Morgan fingerprint density at radius 3 is 2.67 bits per heavy atom. The molecule has 1 fully saturated rings. The summed E-state index contributed by atoms with van der Waals surface area (Å²) >= 11 is 0. The fraction of sp³-hybridized carbons (Fsp3) is 0.286. The third-order valence-corrected chi connectivity index (χ3v) is 4.85. The summed E-state index contributed by atoms with van der Waals surface area (Å²) in [5.41, 5.74) is 1.70. The lowest BCUT2D eigenvalue weighted by Gasteiger charge is -2.31. The highest BCUT2D eigenvalue weighted by Gasteiger charge is 2.28. The molecule has 0 unspecified atom stereocenters. The van der Waals surface area contributed by atoms with E-state index in [-0.39, 0.29) is 17.6 Å². The molecule has 5 nitrogen and oxygen atoms in total.